The minimum atomic E-state index is -0.102. The molecule has 0 spiro atoms. The molecule has 0 atom stereocenters. The number of hydrogen-bond donors (Lipinski definition) is 1. The van der Waals surface area contributed by atoms with Crippen LogP contribution in [0.5, 0.6) is 11.5 Å². The first-order valence-electron chi connectivity index (χ1n) is 7.59. The highest BCUT2D eigenvalue weighted by molar-refractivity contribution is 7.71. The van der Waals surface area contributed by atoms with Crippen molar-refractivity contribution in [2.75, 3.05) is 39.6 Å². The predicted molar refractivity (Wildman–Crippen MR) is 86.8 cm³/mol. The lowest BCUT2D eigenvalue weighted by atomic mass is 10.2. The summed E-state index contributed by atoms with van der Waals surface area (Å²) in [6, 6.07) is 3.48. The first-order chi connectivity index (χ1) is 11.2. The van der Waals surface area contributed by atoms with Crippen LogP contribution in [0.3, 0.4) is 0 Å². The van der Waals surface area contributed by atoms with Crippen molar-refractivity contribution in [3.05, 3.63) is 27.3 Å². The molecule has 3 heterocycles. The molecule has 7 nitrogen and oxygen atoms in total. The fraction of sp³-hybridized carbons (Fsp3) is 0.467. The summed E-state index contributed by atoms with van der Waals surface area (Å²) in [6.07, 6.45) is 0. The van der Waals surface area contributed by atoms with Gasteiger partial charge in [-0.2, -0.15) is 0 Å². The van der Waals surface area contributed by atoms with Crippen molar-refractivity contribution in [3.8, 4) is 11.5 Å². The van der Waals surface area contributed by atoms with Crippen LogP contribution in [0.4, 0.5) is 0 Å². The number of nitrogens with zero attached hydrogens (tertiary/aromatic N) is 2. The van der Waals surface area contributed by atoms with Crippen LogP contribution in [0.15, 0.2) is 16.9 Å². The SMILES string of the molecule is O=c1c2cc3c(cc2[nH]c(=S)n1CCN1CCOCC1)OCO3. The third kappa shape index (κ3) is 2.73. The monoisotopic (exact) mass is 335 g/mol. The molecule has 23 heavy (non-hydrogen) atoms. The molecule has 0 radical (unpaired) electrons. The largest absolute Gasteiger partial charge is 0.454 e. The van der Waals surface area contributed by atoms with Crippen LogP contribution in [0, 0.1) is 4.77 Å². The number of nitrogens with one attached hydrogen (secondary N) is 1. The second-order valence-electron chi connectivity index (χ2n) is 5.59. The quantitative estimate of drug-likeness (QED) is 0.848. The predicted octanol–water partition coefficient (Wildman–Crippen LogP) is 1.12. The standard InChI is InChI=1S/C15H17N3O4S/c19-14-10-7-12-13(22-9-21-12)8-11(10)16-15(23)18(14)2-1-17-3-5-20-6-4-17/h7-8H,1-6,9H2,(H,16,23). The summed E-state index contributed by atoms with van der Waals surface area (Å²) in [7, 11) is 0. The fourth-order valence-electron chi connectivity index (χ4n) is 2.91. The lowest BCUT2D eigenvalue weighted by molar-refractivity contribution is 0.0362. The summed E-state index contributed by atoms with van der Waals surface area (Å²) in [4.78, 5) is 18.1. The summed E-state index contributed by atoms with van der Waals surface area (Å²) in [5.74, 6) is 1.23. The van der Waals surface area contributed by atoms with E-state index in [9.17, 15) is 4.79 Å². The molecule has 0 unspecified atom stereocenters. The molecule has 2 aliphatic rings. The van der Waals surface area contributed by atoms with E-state index < -0.39 is 0 Å². The minimum absolute atomic E-state index is 0.102. The summed E-state index contributed by atoms with van der Waals surface area (Å²) >= 11 is 5.35. The topological polar surface area (TPSA) is 68.7 Å². The molecule has 1 N–H and O–H groups in total. The third-order valence-corrected chi connectivity index (χ3v) is 4.54. The molecule has 1 saturated heterocycles. The molecule has 1 aromatic heterocycles. The molecular weight excluding hydrogens is 318 g/mol. The van der Waals surface area contributed by atoms with E-state index in [1.165, 1.54) is 0 Å². The molecule has 122 valence electrons. The number of rotatable bonds is 3. The van der Waals surface area contributed by atoms with Gasteiger partial charge in [-0.05, 0) is 18.3 Å². The van der Waals surface area contributed by atoms with Crippen molar-refractivity contribution in [1.82, 2.24) is 14.5 Å². The van der Waals surface area contributed by atoms with Crippen LogP contribution in [0.25, 0.3) is 10.9 Å². The number of morpholine rings is 1. The van der Waals surface area contributed by atoms with Gasteiger partial charge in [-0.1, -0.05) is 0 Å². The number of benzene rings is 1. The van der Waals surface area contributed by atoms with Crippen molar-refractivity contribution < 1.29 is 14.2 Å². The molecule has 2 aliphatic heterocycles. The Kier molecular flexibility index (Phi) is 3.80. The molecule has 0 saturated carbocycles. The Labute approximate surface area is 137 Å². The lowest BCUT2D eigenvalue weighted by Gasteiger charge is -2.26. The Morgan fingerprint density at radius 1 is 1.13 bits per heavy atom. The van der Waals surface area contributed by atoms with Gasteiger partial charge in [0.05, 0.1) is 24.1 Å². The van der Waals surface area contributed by atoms with Crippen LogP contribution < -0.4 is 15.0 Å². The van der Waals surface area contributed by atoms with E-state index in [1.807, 2.05) is 0 Å². The summed E-state index contributed by atoms with van der Waals surface area (Å²) < 4.78 is 18.1. The van der Waals surface area contributed by atoms with E-state index in [2.05, 4.69) is 9.88 Å². The van der Waals surface area contributed by atoms with Crippen LogP contribution in [0.2, 0.25) is 0 Å². The molecule has 0 bridgehead atoms. The number of ether oxygens (including phenoxy) is 3. The van der Waals surface area contributed by atoms with E-state index in [4.69, 9.17) is 26.4 Å². The van der Waals surface area contributed by atoms with Gasteiger partial charge in [0.1, 0.15) is 0 Å². The Morgan fingerprint density at radius 3 is 2.65 bits per heavy atom. The fourth-order valence-corrected chi connectivity index (χ4v) is 3.20. The Balaban J connectivity index is 1.68. The average Bonchev–Trinajstić information content (AvgIpc) is 3.01. The highest BCUT2D eigenvalue weighted by Gasteiger charge is 2.17. The van der Waals surface area contributed by atoms with Gasteiger partial charge in [0.2, 0.25) is 6.79 Å². The number of hydrogen-bond acceptors (Lipinski definition) is 6. The molecule has 0 amide bonds. The van der Waals surface area contributed by atoms with Crippen molar-refractivity contribution >= 4 is 23.1 Å². The zero-order chi connectivity index (χ0) is 15.8. The van der Waals surface area contributed by atoms with E-state index >= 15 is 0 Å². The average molecular weight is 335 g/mol. The van der Waals surface area contributed by atoms with Gasteiger partial charge < -0.3 is 19.2 Å². The van der Waals surface area contributed by atoms with E-state index in [0.29, 0.717) is 33.7 Å². The van der Waals surface area contributed by atoms with Crippen LogP contribution >= 0.6 is 12.2 Å². The smallest absolute Gasteiger partial charge is 0.262 e. The van der Waals surface area contributed by atoms with E-state index in [0.717, 1.165) is 32.8 Å². The third-order valence-electron chi connectivity index (χ3n) is 4.22. The Hall–Kier alpha value is -1.90. The van der Waals surface area contributed by atoms with E-state index in [-0.39, 0.29) is 12.4 Å². The minimum Gasteiger partial charge on any atom is -0.454 e. The van der Waals surface area contributed by atoms with Gasteiger partial charge in [0.25, 0.3) is 5.56 Å². The lowest BCUT2D eigenvalue weighted by Crippen LogP contribution is -2.39. The molecule has 0 aliphatic carbocycles. The van der Waals surface area contributed by atoms with Crippen molar-refractivity contribution in [2.45, 2.75) is 6.54 Å². The molecule has 2 aromatic rings. The zero-order valence-electron chi connectivity index (χ0n) is 12.5. The number of aromatic nitrogens is 2. The molecule has 8 heteroatoms. The van der Waals surface area contributed by atoms with Crippen LogP contribution in [-0.4, -0.2) is 54.1 Å². The Morgan fingerprint density at radius 2 is 1.87 bits per heavy atom. The maximum absolute atomic E-state index is 12.8. The zero-order valence-corrected chi connectivity index (χ0v) is 13.4. The van der Waals surface area contributed by atoms with Gasteiger partial charge in [-0.3, -0.25) is 14.3 Å². The second-order valence-corrected chi connectivity index (χ2v) is 5.98. The second kappa shape index (κ2) is 5.95. The number of H-pyrrole nitrogens is 1. The number of fused-ring (bicyclic) bond motifs is 2. The van der Waals surface area contributed by atoms with Gasteiger partial charge in [-0.15, -0.1) is 0 Å². The first kappa shape index (κ1) is 14.7. The van der Waals surface area contributed by atoms with E-state index in [1.54, 1.807) is 16.7 Å². The number of aromatic amines is 1. The first-order valence-corrected chi connectivity index (χ1v) is 8.00. The van der Waals surface area contributed by atoms with Gasteiger partial charge in [-0.25, -0.2) is 0 Å². The van der Waals surface area contributed by atoms with Crippen molar-refractivity contribution in [1.29, 1.82) is 0 Å². The highest BCUT2D eigenvalue weighted by Crippen LogP contribution is 2.34. The molecule has 1 aromatic carbocycles. The van der Waals surface area contributed by atoms with Crippen molar-refractivity contribution in [2.24, 2.45) is 0 Å². The van der Waals surface area contributed by atoms with Gasteiger partial charge in [0.15, 0.2) is 16.3 Å². The molecular formula is C15H17N3O4S. The maximum Gasteiger partial charge on any atom is 0.262 e. The highest BCUT2D eigenvalue weighted by atomic mass is 32.1. The van der Waals surface area contributed by atoms with Gasteiger partial charge in [0, 0.05) is 32.2 Å². The summed E-state index contributed by atoms with van der Waals surface area (Å²) in [5.41, 5.74) is 0.571. The van der Waals surface area contributed by atoms with Gasteiger partial charge >= 0.3 is 0 Å². The summed E-state index contributed by atoms with van der Waals surface area (Å²) in [5, 5.41) is 0.560. The molecule has 4 rings (SSSR count). The van der Waals surface area contributed by atoms with Crippen LogP contribution in [0.1, 0.15) is 0 Å². The summed E-state index contributed by atoms with van der Waals surface area (Å²) in [6.45, 7) is 4.76. The maximum atomic E-state index is 12.8. The molecule has 1 fully saturated rings. The Bertz CT molecular complexity index is 854. The van der Waals surface area contributed by atoms with Crippen LogP contribution in [-0.2, 0) is 11.3 Å². The normalized spacial score (nSPS) is 17.7. The van der Waals surface area contributed by atoms with Crippen molar-refractivity contribution in [3.63, 3.8) is 0 Å².